The van der Waals surface area contributed by atoms with Gasteiger partial charge < -0.3 is 48.4 Å². The quantitative estimate of drug-likeness (QED) is 0.0305. The first kappa shape index (κ1) is 38.1. The van der Waals surface area contributed by atoms with Crippen molar-refractivity contribution < 1.29 is 69.4 Å². The van der Waals surface area contributed by atoms with Crippen LogP contribution in [0.3, 0.4) is 0 Å². The third-order valence-electron chi connectivity index (χ3n) is 5.44. The second kappa shape index (κ2) is 23.3. The van der Waals surface area contributed by atoms with Crippen molar-refractivity contribution in [3.05, 3.63) is 53.4 Å². The molecule has 2 N–H and O–H groups in total. The molecule has 0 radical (unpaired) electrons. The fraction of sp³-hybridized carbons (Fsp3) is 0.552. The number of carbonyl (C=O) groups excluding carboxylic acids is 1. The molecule has 11 nitrogen and oxygen atoms in total. The van der Waals surface area contributed by atoms with E-state index in [4.69, 9.17) is 43.6 Å². The lowest BCUT2D eigenvalue weighted by Crippen LogP contribution is -2.16. The maximum Gasteiger partial charge on any atom is 0.313 e. The molecular formula is C29H38F5NO10. The molecule has 0 aromatic heterocycles. The van der Waals surface area contributed by atoms with Gasteiger partial charge in [0.15, 0.2) is 0 Å². The van der Waals surface area contributed by atoms with Crippen molar-refractivity contribution in [3.63, 3.8) is 0 Å². The molecule has 0 aliphatic rings. The maximum absolute atomic E-state index is 13.5. The zero-order valence-corrected chi connectivity index (χ0v) is 24.7. The van der Waals surface area contributed by atoms with Gasteiger partial charge in [0.25, 0.3) is 0 Å². The van der Waals surface area contributed by atoms with Crippen LogP contribution in [-0.2, 0) is 38.0 Å². The van der Waals surface area contributed by atoms with Crippen molar-refractivity contribution in [3.8, 4) is 11.5 Å². The highest BCUT2D eigenvalue weighted by atomic mass is 19.2. The molecular weight excluding hydrogens is 617 g/mol. The number of nitrogen functional groups attached to an aromatic ring is 1. The lowest BCUT2D eigenvalue weighted by molar-refractivity contribution is -0.136. The van der Waals surface area contributed by atoms with Crippen LogP contribution in [0.1, 0.15) is 6.42 Å². The van der Waals surface area contributed by atoms with Gasteiger partial charge in [0.2, 0.25) is 34.8 Å². The molecule has 0 fully saturated rings. The van der Waals surface area contributed by atoms with Crippen molar-refractivity contribution in [2.45, 2.75) is 6.42 Å². The van der Waals surface area contributed by atoms with Gasteiger partial charge in [-0.3, -0.25) is 4.79 Å². The van der Waals surface area contributed by atoms with E-state index >= 15 is 0 Å². The summed E-state index contributed by atoms with van der Waals surface area (Å²) >= 11 is 0. The Morgan fingerprint density at radius 1 is 0.489 bits per heavy atom. The van der Waals surface area contributed by atoms with E-state index in [1.165, 1.54) is 0 Å². The first-order chi connectivity index (χ1) is 21.8. The predicted octanol–water partition coefficient (Wildman–Crippen LogP) is 3.46. The molecule has 2 aromatic carbocycles. The second-order valence-corrected chi connectivity index (χ2v) is 8.83. The van der Waals surface area contributed by atoms with Gasteiger partial charge in [-0.2, -0.15) is 8.78 Å². The maximum atomic E-state index is 13.5. The molecule has 0 atom stereocenters. The molecule has 0 bridgehead atoms. The fourth-order valence-electron chi connectivity index (χ4n) is 3.20. The van der Waals surface area contributed by atoms with Crippen molar-refractivity contribution in [1.29, 1.82) is 0 Å². The van der Waals surface area contributed by atoms with Crippen LogP contribution in [0.4, 0.5) is 27.6 Å². The third kappa shape index (κ3) is 16.1. The number of hydrogen-bond acceptors (Lipinski definition) is 11. The van der Waals surface area contributed by atoms with Gasteiger partial charge in [-0.25, -0.2) is 13.2 Å². The standard InChI is InChI=1S/C29H38F5NO10/c30-24-25(31)27(33)29(28(34)26(24)32)45-23(36)5-6-37-7-8-38-9-10-39-11-12-40-13-14-41-15-16-42-17-18-43-19-20-44-22-3-1-21(35)2-4-22/h1-4H,5-20,35H2. The summed E-state index contributed by atoms with van der Waals surface area (Å²) in [5, 5.41) is 0. The number of halogens is 5. The largest absolute Gasteiger partial charge is 0.491 e. The van der Waals surface area contributed by atoms with E-state index < -0.39 is 47.2 Å². The normalized spacial score (nSPS) is 11.2. The fourth-order valence-corrected chi connectivity index (χ4v) is 3.20. The van der Waals surface area contributed by atoms with Crippen LogP contribution in [0.5, 0.6) is 11.5 Å². The highest BCUT2D eigenvalue weighted by molar-refractivity contribution is 5.72. The monoisotopic (exact) mass is 655 g/mol. The van der Waals surface area contributed by atoms with Gasteiger partial charge >= 0.3 is 5.97 Å². The number of hydrogen-bond donors (Lipinski definition) is 1. The van der Waals surface area contributed by atoms with Gasteiger partial charge in [0.05, 0.1) is 98.9 Å². The van der Waals surface area contributed by atoms with Crippen LogP contribution in [0.25, 0.3) is 0 Å². The first-order valence-corrected chi connectivity index (χ1v) is 14.1. The Kier molecular flexibility index (Phi) is 19.7. The molecule has 0 aliphatic carbocycles. The smallest absolute Gasteiger partial charge is 0.313 e. The van der Waals surface area contributed by atoms with Crippen molar-refractivity contribution in [1.82, 2.24) is 0 Å². The Labute approximate surface area is 257 Å². The van der Waals surface area contributed by atoms with E-state index in [1.54, 1.807) is 24.3 Å². The summed E-state index contributed by atoms with van der Waals surface area (Å²) in [4.78, 5) is 11.6. The molecule has 0 heterocycles. The third-order valence-corrected chi connectivity index (χ3v) is 5.44. The molecule has 0 saturated heterocycles. The minimum atomic E-state index is -2.35. The summed E-state index contributed by atoms with van der Waals surface area (Å²) in [6, 6.07) is 7.14. The summed E-state index contributed by atoms with van der Waals surface area (Å²) in [7, 11) is 0. The highest BCUT2D eigenvalue weighted by Gasteiger charge is 2.28. The van der Waals surface area contributed by atoms with E-state index in [0.29, 0.717) is 78.4 Å². The molecule has 2 aromatic rings. The molecule has 0 spiro atoms. The van der Waals surface area contributed by atoms with Crippen LogP contribution in [0, 0.1) is 29.1 Å². The minimum Gasteiger partial charge on any atom is -0.491 e. The number of ether oxygens (including phenoxy) is 9. The molecule has 0 unspecified atom stereocenters. The minimum absolute atomic E-state index is 0.0825. The summed E-state index contributed by atoms with van der Waals surface area (Å²) in [5.41, 5.74) is 6.30. The van der Waals surface area contributed by atoms with Crippen molar-refractivity contribution in [2.24, 2.45) is 0 Å². The number of esters is 1. The SMILES string of the molecule is Nc1ccc(OCCOCCOCCOCCOCCOCCOCCOCCC(=O)Oc2c(F)c(F)c(F)c(F)c2F)cc1. The predicted molar refractivity (Wildman–Crippen MR) is 149 cm³/mol. The van der Waals surface area contributed by atoms with Gasteiger partial charge in [0, 0.05) is 5.69 Å². The van der Waals surface area contributed by atoms with Crippen LogP contribution in [0.15, 0.2) is 24.3 Å². The van der Waals surface area contributed by atoms with E-state index in [1.807, 2.05) is 0 Å². The Morgan fingerprint density at radius 3 is 1.22 bits per heavy atom. The Morgan fingerprint density at radius 2 is 0.822 bits per heavy atom. The van der Waals surface area contributed by atoms with Gasteiger partial charge in [-0.15, -0.1) is 0 Å². The number of carbonyl (C=O) groups is 1. The lowest BCUT2D eigenvalue weighted by Gasteiger charge is -2.09. The average molecular weight is 656 g/mol. The van der Waals surface area contributed by atoms with Crippen LogP contribution in [0.2, 0.25) is 0 Å². The second-order valence-electron chi connectivity index (χ2n) is 8.83. The number of anilines is 1. The van der Waals surface area contributed by atoms with E-state index in [9.17, 15) is 26.7 Å². The summed E-state index contributed by atoms with van der Waals surface area (Å²) in [6.07, 6.45) is -0.485. The first-order valence-electron chi connectivity index (χ1n) is 14.1. The van der Waals surface area contributed by atoms with Gasteiger partial charge in [-0.05, 0) is 24.3 Å². The van der Waals surface area contributed by atoms with Crippen molar-refractivity contribution in [2.75, 3.05) is 105 Å². The highest BCUT2D eigenvalue weighted by Crippen LogP contribution is 2.29. The van der Waals surface area contributed by atoms with Gasteiger partial charge in [0.1, 0.15) is 12.4 Å². The lowest BCUT2D eigenvalue weighted by atomic mass is 10.2. The number of benzene rings is 2. The van der Waals surface area contributed by atoms with E-state index in [-0.39, 0.29) is 26.4 Å². The topological polar surface area (TPSA) is 126 Å². The van der Waals surface area contributed by atoms with Crippen LogP contribution < -0.4 is 15.2 Å². The van der Waals surface area contributed by atoms with E-state index in [2.05, 4.69) is 4.74 Å². The molecule has 254 valence electrons. The zero-order chi connectivity index (χ0) is 32.7. The Balaban J connectivity index is 1.27. The molecule has 2 rings (SSSR count). The molecule has 0 amide bonds. The molecule has 45 heavy (non-hydrogen) atoms. The summed E-state index contributed by atoms with van der Waals surface area (Å²) < 4.78 is 113. The molecule has 0 saturated carbocycles. The summed E-state index contributed by atoms with van der Waals surface area (Å²) in [5.74, 6) is -13.4. The van der Waals surface area contributed by atoms with Gasteiger partial charge in [-0.1, -0.05) is 0 Å². The molecule has 0 aliphatic heterocycles. The number of rotatable bonds is 26. The summed E-state index contributed by atoms with van der Waals surface area (Å²) in [6.45, 7) is 4.84. The molecule has 16 heteroatoms. The Bertz CT molecular complexity index is 1080. The zero-order valence-electron chi connectivity index (χ0n) is 24.7. The number of nitrogens with two attached hydrogens (primary N) is 1. The van der Waals surface area contributed by atoms with Crippen LogP contribution >= 0.6 is 0 Å². The van der Waals surface area contributed by atoms with Crippen LogP contribution in [-0.4, -0.2) is 105 Å². The Hall–Kier alpha value is -3.12. The van der Waals surface area contributed by atoms with E-state index in [0.717, 1.165) is 5.75 Å². The van der Waals surface area contributed by atoms with Crippen molar-refractivity contribution >= 4 is 11.7 Å². The average Bonchev–Trinajstić information content (AvgIpc) is 3.04.